The fourth-order valence-corrected chi connectivity index (χ4v) is 2.56. The summed E-state index contributed by atoms with van der Waals surface area (Å²) >= 11 is 1.63. The van der Waals surface area contributed by atoms with E-state index < -0.39 is 0 Å². The van der Waals surface area contributed by atoms with Crippen LogP contribution in [0.15, 0.2) is 29.6 Å². The topological polar surface area (TPSA) is 34.1 Å². The van der Waals surface area contributed by atoms with Gasteiger partial charge >= 0.3 is 0 Å². The van der Waals surface area contributed by atoms with Crippen LogP contribution in [0.1, 0.15) is 33.4 Å². The lowest BCUT2D eigenvalue weighted by Crippen LogP contribution is -2.11. The van der Waals surface area contributed by atoms with Gasteiger partial charge in [-0.1, -0.05) is 20.8 Å². The van der Waals surface area contributed by atoms with Crippen LogP contribution in [0.5, 0.6) is 5.75 Å². The molecule has 1 aromatic heterocycles. The normalized spacial score (nSPS) is 11.4. The first-order valence-corrected chi connectivity index (χ1v) is 7.33. The molecule has 0 unspecified atom stereocenters. The van der Waals surface area contributed by atoms with Gasteiger partial charge in [-0.2, -0.15) is 0 Å². The van der Waals surface area contributed by atoms with Crippen molar-refractivity contribution >= 4 is 22.2 Å². The van der Waals surface area contributed by atoms with E-state index in [-0.39, 0.29) is 5.41 Å². The first-order chi connectivity index (χ1) is 8.99. The maximum Gasteiger partial charge on any atom is 0.187 e. The predicted octanol–water partition coefficient (Wildman–Crippen LogP) is 4.58. The van der Waals surface area contributed by atoms with Crippen LogP contribution in [-0.4, -0.2) is 11.6 Å². The van der Waals surface area contributed by atoms with E-state index in [0.717, 1.165) is 22.3 Å². The zero-order chi connectivity index (χ0) is 13.9. The zero-order valence-corrected chi connectivity index (χ0v) is 12.7. The van der Waals surface area contributed by atoms with Crippen LogP contribution in [0.25, 0.3) is 0 Å². The molecule has 19 heavy (non-hydrogen) atoms. The van der Waals surface area contributed by atoms with Gasteiger partial charge in [-0.05, 0) is 31.2 Å². The average molecular weight is 276 g/mol. The molecule has 4 heteroatoms. The van der Waals surface area contributed by atoms with E-state index in [1.807, 2.05) is 31.2 Å². The SMILES string of the molecule is CCOc1ccc(Nc2nc(C(C)(C)C)cs2)cc1. The van der Waals surface area contributed by atoms with Crippen LogP contribution < -0.4 is 10.1 Å². The molecule has 0 radical (unpaired) electrons. The summed E-state index contributed by atoms with van der Waals surface area (Å²) in [5.41, 5.74) is 2.24. The second-order valence-electron chi connectivity index (χ2n) is 5.37. The number of ether oxygens (including phenoxy) is 1. The number of anilines is 2. The second kappa shape index (κ2) is 5.61. The third-order valence-corrected chi connectivity index (χ3v) is 3.45. The van der Waals surface area contributed by atoms with E-state index in [2.05, 4.69) is 36.5 Å². The molecule has 1 aromatic carbocycles. The van der Waals surface area contributed by atoms with E-state index in [1.54, 1.807) is 11.3 Å². The van der Waals surface area contributed by atoms with Gasteiger partial charge in [-0.25, -0.2) is 4.98 Å². The molecule has 0 aliphatic heterocycles. The Bertz CT molecular complexity index is 526. The number of nitrogens with one attached hydrogen (secondary N) is 1. The molecule has 1 heterocycles. The van der Waals surface area contributed by atoms with Crippen molar-refractivity contribution in [2.45, 2.75) is 33.1 Å². The van der Waals surface area contributed by atoms with E-state index in [0.29, 0.717) is 6.61 Å². The molecule has 2 rings (SSSR count). The van der Waals surface area contributed by atoms with Crippen LogP contribution in [0.3, 0.4) is 0 Å². The maximum absolute atomic E-state index is 5.42. The van der Waals surface area contributed by atoms with Gasteiger partial charge < -0.3 is 10.1 Å². The van der Waals surface area contributed by atoms with E-state index in [9.17, 15) is 0 Å². The van der Waals surface area contributed by atoms with Gasteiger partial charge in [0.2, 0.25) is 0 Å². The third kappa shape index (κ3) is 3.70. The summed E-state index contributed by atoms with van der Waals surface area (Å²) in [5, 5.41) is 6.35. The molecule has 0 saturated heterocycles. The Labute approximate surface area is 118 Å². The highest BCUT2D eigenvalue weighted by Gasteiger charge is 2.17. The minimum Gasteiger partial charge on any atom is -0.494 e. The van der Waals surface area contributed by atoms with Gasteiger partial charge in [0.15, 0.2) is 5.13 Å². The van der Waals surface area contributed by atoms with Gasteiger partial charge in [0.25, 0.3) is 0 Å². The number of nitrogens with zero attached hydrogens (tertiary/aromatic N) is 1. The lowest BCUT2D eigenvalue weighted by atomic mass is 9.93. The molecule has 2 aromatic rings. The number of thiazole rings is 1. The van der Waals surface area contributed by atoms with Crippen LogP contribution in [0, 0.1) is 0 Å². The number of benzene rings is 1. The van der Waals surface area contributed by atoms with Crippen molar-refractivity contribution in [2.75, 3.05) is 11.9 Å². The number of rotatable bonds is 4. The zero-order valence-electron chi connectivity index (χ0n) is 11.9. The first kappa shape index (κ1) is 13.9. The molecular formula is C15H20N2OS. The van der Waals surface area contributed by atoms with Gasteiger partial charge in [0.1, 0.15) is 5.75 Å². The minimum absolute atomic E-state index is 0.0925. The van der Waals surface area contributed by atoms with Crippen LogP contribution >= 0.6 is 11.3 Å². The molecule has 0 amide bonds. The van der Waals surface area contributed by atoms with Crippen molar-refractivity contribution in [3.63, 3.8) is 0 Å². The molecule has 102 valence electrons. The predicted molar refractivity (Wildman–Crippen MR) is 81.7 cm³/mol. The number of hydrogen-bond donors (Lipinski definition) is 1. The molecule has 0 aliphatic carbocycles. The molecule has 1 N–H and O–H groups in total. The van der Waals surface area contributed by atoms with Crippen molar-refractivity contribution in [1.82, 2.24) is 4.98 Å². The largest absolute Gasteiger partial charge is 0.494 e. The molecule has 0 fully saturated rings. The summed E-state index contributed by atoms with van der Waals surface area (Å²) in [6.45, 7) is 9.18. The minimum atomic E-state index is 0.0925. The molecule has 0 atom stereocenters. The fraction of sp³-hybridized carbons (Fsp3) is 0.400. The van der Waals surface area contributed by atoms with Crippen molar-refractivity contribution in [3.05, 3.63) is 35.3 Å². The van der Waals surface area contributed by atoms with Crippen LogP contribution in [0.4, 0.5) is 10.8 Å². The van der Waals surface area contributed by atoms with Crippen molar-refractivity contribution in [2.24, 2.45) is 0 Å². The standard InChI is InChI=1S/C15H20N2OS/c1-5-18-12-8-6-11(7-9-12)16-14-17-13(10-19-14)15(2,3)4/h6-10H,5H2,1-4H3,(H,16,17). The molecular weight excluding hydrogens is 256 g/mol. The Balaban J connectivity index is 2.06. The summed E-state index contributed by atoms with van der Waals surface area (Å²) in [6.07, 6.45) is 0. The van der Waals surface area contributed by atoms with Crippen molar-refractivity contribution in [1.29, 1.82) is 0 Å². The maximum atomic E-state index is 5.42. The summed E-state index contributed by atoms with van der Waals surface area (Å²) in [7, 11) is 0. The van der Waals surface area contributed by atoms with E-state index in [4.69, 9.17) is 4.74 Å². The first-order valence-electron chi connectivity index (χ1n) is 6.45. The second-order valence-corrected chi connectivity index (χ2v) is 6.23. The van der Waals surface area contributed by atoms with Gasteiger partial charge in [-0.3, -0.25) is 0 Å². The molecule has 0 saturated carbocycles. The Morgan fingerprint density at radius 3 is 2.42 bits per heavy atom. The van der Waals surface area contributed by atoms with E-state index >= 15 is 0 Å². The molecule has 3 nitrogen and oxygen atoms in total. The lowest BCUT2D eigenvalue weighted by Gasteiger charge is -2.14. The van der Waals surface area contributed by atoms with E-state index in [1.165, 1.54) is 0 Å². The van der Waals surface area contributed by atoms with Crippen molar-refractivity contribution < 1.29 is 4.74 Å². The number of aromatic nitrogens is 1. The summed E-state index contributed by atoms with van der Waals surface area (Å²) in [4.78, 5) is 4.61. The highest BCUT2D eigenvalue weighted by Crippen LogP contribution is 2.28. The lowest BCUT2D eigenvalue weighted by molar-refractivity contribution is 0.340. The fourth-order valence-electron chi connectivity index (χ4n) is 1.60. The number of hydrogen-bond acceptors (Lipinski definition) is 4. The summed E-state index contributed by atoms with van der Waals surface area (Å²) in [6, 6.07) is 7.93. The summed E-state index contributed by atoms with van der Waals surface area (Å²) in [5.74, 6) is 0.891. The van der Waals surface area contributed by atoms with Crippen LogP contribution in [0.2, 0.25) is 0 Å². The Kier molecular flexibility index (Phi) is 4.10. The van der Waals surface area contributed by atoms with Crippen LogP contribution in [-0.2, 0) is 5.41 Å². The monoisotopic (exact) mass is 276 g/mol. The average Bonchev–Trinajstić information content (AvgIpc) is 2.80. The highest BCUT2D eigenvalue weighted by atomic mass is 32.1. The van der Waals surface area contributed by atoms with Gasteiger partial charge in [0.05, 0.1) is 12.3 Å². The Morgan fingerprint density at radius 2 is 1.89 bits per heavy atom. The van der Waals surface area contributed by atoms with Gasteiger partial charge in [-0.15, -0.1) is 11.3 Å². The quantitative estimate of drug-likeness (QED) is 0.887. The Morgan fingerprint density at radius 1 is 1.21 bits per heavy atom. The molecule has 0 bridgehead atoms. The highest BCUT2D eigenvalue weighted by molar-refractivity contribution is 7.13. The molecule has 0 spiro atoms. The smallest absolute Gasteiger partial charge is 0.187 e. The van der Waals surface area contributed by atoms with Gasteiger partial charge in [0, 0.05) is 16.5 Å². The van der Waals surface area contributed by atoms with Crippen molar-refractivity contribution in [3.8, 4) is 5.75 Å². The third-order valence-electron chi connectivity index (χ3n) is 2.69. The summed E-state index contributed by atoms with van der Waals surface area (Å²) < 4.78 is 5.42. The Hall–Kier alpha value is -1.55. The molecule has 0 aliphatic rings.